The Bertz CT molecular complexity index is 822. The van der Waals surface area contributed by atoms with Gasteiger partial charge in [-0.1, -0.05) is 30.1 Å². The summed E-state index contributed by atoms with van der Waals surface area (Å²) in [7, 11) is 0. The van der Waals surface area contributed by atoms with Gasteiger partial charge in [0.15, 0.2) is 0 Å². The topological polar surface area (TPSA) is 75.4 Å². The van der Waals surface area contributed by atoms with E-state index in [-0.39, 0.29) is 23.7 Å². The summed E-state index contributed by atoms with van der Waals surface area (Å²) in [4.78, 5) is 31.0. The molecule has 2 aromatic rings. The van der Waals surface area contributed by atoms with Crippen LogP contribution in [0.25, 0.3) is 0 Å². The van der Waals surface area contributed by atoms with Crippen LogP contribution < -0.4 is 5.32 Å². The van der Waals surface area contributed by atoms with Gasteiger partial charge in [-0.05, 0) is 37.5 Å². The van der Waals surface area contributed by atoms with Gasteiger partial charge in [-0.3, -0.25) is 14.9 Å². The zero-order chi connectivity index (χ0) is 18.7. The molecule has 1 aliphatic rings. The van der Waals surface area contributed by atoms with Crippen LogP contribution in [0.3, 0.4) is 0 Å². The maximum absolute atomic E-state index is 12.7. The molecule has 1 aliphatic heterocycles. The molecular weight excluding hydrogens is 377 g/mol. The molecule has 26 heavy (non-hydrogen) atoms. The molecule has 0 spiro atoms. The van der Waals surface area contributed by atoms with Gasteiger partial charge in [-0.2, -0.15) is 4.98 Å². The zero-order valence-corrected chi connectivity index (χ0v) is 15.8. The predicted molar refractivity (Wildman–Crippen MR) is 99.6 cm³/mol. The van der Waals surface area contributed by atoms with Gasteiger partial charge in [0.1, 0.15) is 6.26 Å². The summed E-state index contributed by atoms with van der Waals surface area (Å²) in [5.41, 5.74) is 1.24. The van der Waals surface area contributed by atoms with Crippen LogP contribution in [0.2, 0.25) is 10.0 Å². The number of benzene rings is 1. The first-order valence-corrected chi connectivity index (χ1v) is 9.23. The molecule has 1 saturated heterocycles. The highest BCUT2D eigenvalue weighted by Crippen LogP contribution is 2.25. The second-order valence-corrected chi connectivity index (χ2v) is 7.02. The summed E-state index contributed by atoms with van der Waals surface area (Å²) in [6.07, 6.45) is 3.71. The van der Waals surface area contributed by atoms with E-state index in [1.54, 1.807) is 23.1 Å². The summed E-state index contributed by atoms with van der Waals surface area (Å²) in [6, 6.07) is 4.98. The number of anilines is 1. The number of piperidine rings is 1. The van der Waals surface area contributed by atoms with Crippen LogP contribution in [0, 0.1) is 5.92 Å². The van der Waals surface area contributed by atoms with Crippen molar-refractivity contribution in [1.82, 2.24) is 9.88 Å². The van der Waals surface area contributed by atoms with Gasteiger partial charge in [0.2, 0.25) is 5.91 Å². The van der Waals surface area contributed by atoms with E-state index in [1.807, 2.05) is 6.92 Å². The lowest BCUT2D eigenvalue weighted by molar-refractivity contribution is -0.121. The van der Waals surface area contributed by atoms with Gasteiger partial charge in [0.25, 0.3) is 5.91 Å². The van der Waals surface area contributed by atoms with E-state index in [1.165, 1.54) is 6.26 Å². The highest BCUT2D eigenvalue weighted by atomic mass is 35.5. The van der Waals surface area contributed by atoms with Gasteiger partial charge in [0.05, 0.1) is 21.7 Å². The van der Waals surface area contributed by atoms with Crippen molar-refractivity contribution in [2.24, 2.45) is 5.92 Å². The van der Waals surface area contributed by atoms with Crippen molar-refractivity contribution >= 4 is 41.0 Å². The smallest absolute Gasteiger partial charge is 0.301 e. The van der Waals surface area contributed by atoms with Crippen molar-refractivity contribution in [3.8, 4) is 0 Å². The minimum absolute atomic E-state index is 0.162. The second-order valence-electron chi connectivity index (χ2n) is 6.21. The highest BCUT2D eigenvalue weighted by Gasteiger charge is 2.29. The SMILES string of the molecule is CCc1coc(NC(=O)C2CCCN(C(=O)c3ccc(Cl)c(Cl)c3)C2)n1. The molecule has 0 bridgehead atoms. The number of halogens is 2. The first-order chi connectivity index (χ1) is 12.5. The summed E-state index contributed by atoms with van der Waals surface area (Å²) in [5, 5.41) is 3.42. The van der Waals surface area contributed by atoms with Crippen molar-refractivity contribution < 1.29 is 14.0 Å². The number of nitrogens with zero attached hydrogens (tertiary/aromatic N) is 2. The van der Waals surface area contributed by atoms with E-state index >= 15 is 0 Å². The van der Waals surface area contributed by atoms with Crippen molar-refractivity contribution in [2.75, 3.05) is 18.4 Å². The van der Waals surface area contributed by atoms with Gasteiger partial charge in [-0.25, -0.2) is 0 Å². The Kier molecular flexibility index (Phi) is 5.84. The van der Waals surface area contributed by atoms with Gasteiger partial charge < -0.3 is 9.32 Å². The normalized spacial score (nSPS) is 17.2. The summed E-state index contributed by atoms with van der Waals surface area (Å²) < 4.78 is 5.23. The van der Waals surface area contributed by atoms with Gasteiger partial charge in [0, 0.05) is 18.7 Å². The number of aromatic nitrogens is 1. The molecule has 0 radical (unpaired) electrons. The summed E-state index contributed by atoms with van der Waals surface area (Å²) in [5.74, 6) is -0.668. The van der Waals surface area contributed by atoms with E-state index in [9.17, 15) is 9.59 Å². The molecule has 0 aliphatic carbocycles. The Labute approximate surface area is 161 Å². The number of aryl methyl sites for hydroxylation is 1. The molecule has 6 nitrogen and oxygen atoms in total. The van der Waals surface area contributed by atoms with Crippen LogP contribution in [0.15, 0.2) is 28.9 Å². The molecule has 138 valence electrons. The quantitative estimate of drug-likeness (QED) is 0.847. The monoisotopic (exact) mass is 395 g/mol. The lowest BCUT2D eigenvalue weighted by Crippen LogP contribution is -2.43. The fourth-order valence-electron chi connectivity index (χ4n) is 2.92. The third-order valence-electron chi connectivity index (χ3n) is 4.39. The van der Waals surface area contributed by atoms with Crippen LogP contribution in [0.5, 0.6) is 0 Å². The van der Waals surface area contributed by atoms with Crippen LogP contribution >= 0.6 is 23.2 Å². The predicted octanol–water partition coefficient (Wildman–Crippen LogP) is 4.03. The molecule has 2 heterocycles. The maximum atomic E-state index is 12.7. The number of hydrogen-bond acceptors (Lipinski definition) is 4. The first-order valence-electron chi connectivity index (χ1n) is 8.47. The van der Waals surface area contributed by atoms with Crippen molar-refractivity contribution in [3.63, 3.8) is 0 Å². The van der Waals surface area contributed by atoms with E-state index in [4.69, 9.17) is 27.6 Å². The second kappa shape index (κ2) is 8.10. The number of carbonyl (C=O) groups is 2. The number of carbonyl (C=O) groups excluding carboxylic acids is 2. The standard InChI is InChI=1S/C18H19Cl2N3O3/c1-2-13-10-26-18(21-13)22-16(24)12-4-3-7-23(9-12)17(25)11-5-6-14(19)15(20)8-11/h5-6,8,10,12H,2-4,7,9H2,1H3,(H,21,22,24). The lowest BCUT2D eigenvalue weighted by Gasteiger charge is -2.32. The highest BCUT2D eigenvalue weighted by molar-refractivity contribution is 6.42. The molecule has 1 unspecified atom stereocenters. The molecule has 8 heteroatoms. The largest absolute Gasteiger partial charge is 0.432 e. The van der Waals surface area contributed by atoms with E-state index in [0.29, 0.717) is 35.1 Å². The molecule has 3 rings (SSSR count). The van der Waals surface area contributed by atoms with Crippen molar-refractivity contribution in [1.29, 1.82) is 0 Å². The van der Waals surface area contributed by atoms with E-state index in [2.05, 4.69) is 10.3 Å². The van der Waals surface area contributed by atoms with Crippen LogP contribution in [-0.2, 0) is 11.2 Å². The Balaban J connectivity index is 1.65. The number of likely N-dealkylation sites (tertiary alicyclic amines) is 1. The molecule has 1 N–H and O–H groups in total. The Morgan fingerprint density at radius 3 is 2.85 bits per heavy atom. The molecule has 1 atom stereocenters. The van der Waals surface area contributed by atoms with Crippen LogP contribution in [-0.4, -0.2) is 34.8 Å². The summed E-state index contributed by atoms with van der Waals surface area (Å²) in [6.45, 7) is 2.89. The minimum atomic E-state index is -0.313. The minimum Gasteiger partial charge on any atom is -0.432 e. The van der Waals surface area contributed by atoms with Gasteiger partial charge in [-0.15, -0.1) is 0 Å². The summed E-state index contributed by atoms with van der Waals surface area (Å²) >= 11 is 11.9. The Hall–Kier alpha value is -2.05. The van der Waals surface area contributed by atoms with E-state index < -0.39 is 0 Å². The average molecular weight is 396 g/mol. The average Bonchev–Trinajstić information content (AvgIpc) is 3.11. The zero-order valence-electron chi connectivity index (χ0n) is 14.3. The van der Waals surface area contributed by atoms with Crippen LogP contribution in [0.4, 0.5) is 6.01 Å². The number of hydrogen-bond donors (Lipinski definition) is 1. The van der Waals surface area contributed by atoms with Gasteiger partial charge >= 0.3 is 6.01 Å². The maximum Gasteiger partial charge on any atom is 0.301 e. The third-order valence-corrected chi connectivity index (χ3v) is 5.13. The fourth-order valence-corrected chi connectivity index (χ4v) is 3.22. The molecule has 0 saturated carbocycles. The molecule has 1 aromatic carbocycles. The van der Waals surface area contributed by atoms with Crippen molar-refractivity contribution in [2.45, 2.75) is 26.2 Å². The molecule has 1 aromatic heterocycles. The fraction of sp³-hybridized carbons (Fsp3) is 0.389. The van der Waals surface area contributed by atoms with Crippen molar-refractivity contribution in [3.05, 3.63) is 45.8 Å². The number of amides is 2. The lowest BCUT2D eigenvalue weighted by atomic mass is 9.96. The molecule has 1 fully saturated rings. The van der Waals surface area contributed by atoms with E-state index in [0.717, 1.165) is 18.5 Å². The molecule has 2 amide bonds. The van der Waals surface area contributed by atoms with Crippen LogP contribution in [0.1, 0.15) is 35.8 Å². The number of oxazole rings is 1. The number of rotatable bonds is 4. The number of nitrogens with one attached hydrogen (secondary N) is 1. The third kappa shape index (κ3) is 4.19. The Morgan fingerprint density at radius 1 is 1.35 bits per heavy atom. The first kappa shape index (κ1) is 18.7. The Morgan fingerprint density at radius 2 is 2.15 bits per heavy atom. The molecular formula is C18H19Cl2N3O3.